The summed E-state index contributed by atoms with van der Waals surface area (Å²) in [7, 11) is 6.46. The summed E-state index contributed by atoms with van der Waals surface area (Å²) in [6.07, 6.45) is 11.5. The first-order chi connectivity index (χ1) is 31.7. The van der Waals surface area contributed by atoms with E-state index in [0.29, 0.717) is 31.5 Å². The van der Waals surface area contributed by atoms with Crippen molar-refractivity contribution in [1.82, 2.24) is 0 Å². The summed E-state index contributed by atoms with van der Waals surface area (Å²) in [5, 5.41) is 14.9. The number of benzene rings is 4. The van der Waals surface area contributed by atoms with Crippen LogP contribution in [0.15, 0.2) is 84.9 Å². The van der Waals surface area contributed by atoms with Gasteiger partial charge >= 0.3 is 29.6 Å². The standard InChI is InChI=1S/C31H43NO5.C21H26O5.CN.CH4.Na/c1-31(25-14-16-26(17-15-25)36-23-33-2)22-35-30-21-27(37-24-34-3)18-19-28(30)29(31)13-11-9-7-5-4-6-8-10-12-20-32;1-15-19-10-9-18(26-14-23-4)11-20(19)24-12-21(15,2)16-5-7-17(8-6-16)25-13-22-3;1-2;;/h14-19,21,29H,4-13,22-24H2,1-3H3;5-11,15H,12-14H2,1-4H3;;1H4;/q;;-1;;+1. The molecule has 0 aliphatic carbocycles. The van der Waals surface area contributed by atoms with Crippen LogP contribution in [0.1, 0.15) is 126 Å². The Morgan fingerprint density at radius 1 is 0.552 bits per heavy atom. The average Bonchev–Trinajstić information content (AvgIpc) is 3.34. The minimum Gasteiger partial charge on any atom is -0.512 e. The van der Waals surface area contributed by atoms with Gasteiger partial charge in [-0.1, -0.05) is 110 Å². The fourth-order valence-electron chi connectivity index (χ4n) is 8.55. The van der Waals surface area contributed by atoms with Gasteiger partial charge in [-0.05, 0) is 77.4 Å². The molecule has 0 spiro atoms. The maximum Gasteiger partial charge on any atom is 1.00 e. The first-order valence-electron chi connectivity index (χ1n) is 22.5. The number of nitrogens with zero attached hydrogens (tertiary/aromatic N) is 2. The van der Waals surface area contributed by atoms with Gasteiger partial charge in [0.25, 0.3) is 0 Å². The zero-order valence-electron chi connectivity index (χ0n) is 40.5. The molecular weight excluding hydrogens is 860 g/mol. The number of fused-ring (bicyclic) bond motifs is 2. The van der Waals surface area contributed by atoms with Gasteiger partial charge in [-0.2, -0.15) is 5.26 Å². The molecular formula is C54H73N2NaO10. The van der Waals surface area contributed by atoms with E-state index in [2.05, 4.69) is 63.2 Å². The molecule has 0 amide bonds. The molecule has 0 N–H and O–H groups in total. The van der Waals surface area contributed by atoms with E-state index >= 15 is 0 Å². The molecule has 0 saturated carbocycles. The molecule has 4 unspecified atom stereocenters. The minimum atomic E-state index is -0.150. The quantitative estimate of drug-likeness (QED) is 0.0286. The fourth-order valence-corrected chi connectivity index (χ4v) is 8.55. The van der Waals surface area contributed by atoms with Crippen LogP contribution in [-0.4, -0.2) is 68.8 Å². The molecule has 2 aliphatic rings. The Morgan fingerprint density at radius 3 is 1.39 bits per heavy atom. The van der Waals surface area contributed by atoms with Crippen molar-refractivity contribution in [2.75, 3.05) is 68.8 Å². The Kier molecular flexibility index (Phi) is 27.6. The van der Waals surface area contributed by atoms with Crippen LogP contribution in [0.25, 0.3) is 0 Å². The van der Waals surface area contributed by atoms with Gasteiger partial charge in [-0.15, -0.1) is 0 Å². The fraction of sp³-hybridized carbons (Fsp3) is 0.519. The summed E-state index contributed by atoms with van der Waals surface area (Å²) in [6, 6.07) is 30.9. The molecule has 13 heteroatoms. The zero-order valence-corrected chi connectivity index (χ0v) is 42.5. The summed E-state index contributed by atoms with van der Waals surface area (Å²) in [6.45, 7) is 13.7. The molecule has 4 aromatic rings. The predicted molar refractivity (Wildman–Crippen MR) is 256 cm³/mol. The zero-order chi connectivity index (χ0) is 46.9. The average molecular weight is 933 g/mol. The number of unbranched alkanes of at least 4 members (excludes halogenated alkanes) is 8. The normalized spacial score (nSPS) is 18.6. The van der Waals surface area contributed by atoms with E-state index < -0.39 is 0 Å². The van der Waals surface area contributed by atoms with Gasteiger partial charge in [0.05, 0.1) is 19.3 Å². The second-order valence-electron chi connectivity index (χ2n) is 16.9. The molecule has 0 radical (unpaired) electrons. The molecule has 67 heavy (non-hydrogen) atoms. The number of hydrogen-bond donors (Lipinski definition) is 0. The van der Waals surface area contributed by atoms with Gasteiger partial charge < -0.3 is 59.2 Å². The van der Waals surface area contributed by atoms with Crippen LogP contribution < -0.4 is 58.0 Å². The van der Waals surface area contributed by atoms with Crippen molar-refractivity contribution in [3.63, 3.8) is 0 Å². The summed E-state index contributed by atoms with van der Waals surface area (Å²) in [4.78, 5) is 0. The van der Waals surface area contributed by atoms with Gasteiger partial charge in [0.1, 0.15) is 34.5 Å². The van der Waals surface area contributed by atoms with E-state index in [4.69, 9.17) is 64.5 Å². The maximum absolute atomic E-state index is 8.66. The monoisotopic (exact) mass is 933 g/mol. The van der Waals surface area contributed by atoms with Crippen molar-refractivity contribution in [2.24, 2.45) is 0 Å². The Labute approximate surface area is 423 Å². The molecule has 360 valence electrons. The molecule has 6 rings (SSSR count). The van der Waals surface area contributed by atoms with E-state index in [1.54, 1.807) is 28.4 Å². The molecule has 4 aromatic carbocycles. The first kappa shape index (κ1) is 58.6. The summed E-state index contributed by atoms with van der Waals surface area (Å²) < 4.78 is 54.7. The Morgan fingerprint density at radius 2 is 0.925 bits per heavy atom. The van der Waals surface area contributed by atoms with Gasteiger partial charge in [0, 0.05) is 63.7 Å². The third-order valence-electron chi connectivity index (χ3n) is 12.5. The van der Waals surface area contributed by atoms with Gasteiger partial charge in [-0.3, -0.25) is 0 Å². The van der Waals surface area contributed by atoms with Gasteiger partial charge in [0.2, 0.25) is 0 Å². The topological polar surface area (TPSA) is 140 Å². The van der Waals surface area contributed by atoms with E-state index in [-0.39, 0.29) is 75.0 Å². The molecule has 2 aliphatic heterocycles. The second-order valence-corrected chi connectivity index (χ2v) is 16.9. The molecule has 0 saturated heterocycles. The molecule has 0 aromatic heterocycles. The van der Waals surface area contributed by atoms with Crippen LogP contribution in [0.2, 0.25) is 0 Å². The van der Waals surface area contributed by atoms with Gasteiger partial charge in [-0.25, -0.2) is 0 Å². The van der Waals surface area contributed by atoms with Crippen LogP contribution in [0.3, 0.4) is 0 Å². The van der Waals surface area contributed by atoms with Crippen molar-refractivity contribution >= 4 is 0 Å². The van der Waals surface area contributed by atoms with Crippen molar-refractivity contribution in [2.45, 2.75) is 115 Å². The Bertz CT molecular complexity index is 2040. The predicted octanol–water partition coefficient (Wildman–Crippen LogP) is 9.35. The second kappa shape index (κ2) is 31.5. The van der Waals surface area contributed by atoms with Crippen LogP contribution in [0.5, 0.6) is 34.5 Å². The van der Waals surface area contributed by atoms with E-state index in [1.165, 1.54) is 67.2 Å². The molecule has 0 bridgehead atoms. The number of hydrogen-bond acceptors (Lipinski definition) is 12. The Hall–Kier alpha value is -4.50. The summed E-state index contributed by atoms with van der Waals surface area (Å²) in [5.74, 6) is 5.54. The number of nitriles is 1. The van der Waals surface area contributed by atoms with E-state index in [9.17, 15) is 0 Å². The van der Waals surface area contributed by atoms with Crippen molar-refractivity contribution in [3.05, 3.63) is 114 Å². The number of methoxy groups -OCH3 is 4. The molecule has 2 heterocycles. The van der Waals surface area contributed by atoms with Crippen molar-refractivity contribution in [1.29, 1.82) is 10.5 Å². The number of ether oxygens (including phenoxy) is 10. The van der Waals surface area contributed by atoms with Crippen molar-refractivity contribution in [3.8, 4) is 40.6 Å². The molecule has 12 nitrogen and oxygen atoms in total. The van der Waals surface area contributed by atoms with Crippen LogP contribution in [0.4, 0.5) is 0 Å². The summed E-state index contributed by atoms with van der Waals surface area (Å²) in [5.41, 5.74) is 4.63. The van der Waals surface area contributed by atoms with Gasteiger partial charge in [0.15, 0.2) is 27.2 Å². The van der Waals surface area contributed by atoms with E-state index in [1.807, 2.05) is 48.5 Å². The molecule has 4 atom stereocenters. The van der Waals surface area contributed by atoms with Crippen LogP contribution in [-0.2, 0) is 29.8 Å². The third-order valence-corrected chi connectivity index (χ3v) is 12.5. The van der Waals surface area contributed by atoms with Crippen LogP contribution >= 0.6 is 0 Å². The number of rotatable bonds is 24. The van der Waals surface area contributed by atoms with Crippen molar-refractivity contribution < 1.29 is 76.9 Å². The van der Waals surface area contributed by atoms with Crippen LogP contribution in [0, 0.1) is 23.2 Å². The SMILES string of the molecule is C.COCOc1ccc(C2(C)COc3cc(OCOC)ccc3C2C)cc1.COCOc1ccc(C2(C)COc3cc(OCOC)ccc3C2CCCCCCCCCCC#N)cc1.[C-]#N.[Na+]. The Balaban J connectivity index is 0.000000453. The maximum atomic E-state index is 8.66. The summed E-state index contributed by atoms with van der Waals surface area (Å²) >= 11 is 0. The minimum absolute atomic E-state index is 0. The third kappa shape index (κ3) is 16.9. The molecule has 0 fully saturated rings. The first-order valence-corrected chi connectivity index (χ1v) is 22.5. The van der Waals surface area contributed by atoms with E-state index in [0.717, 1.165) is 47.3 Å². The largest absolute Gasteiger partial charge is 1.00 e. The smallest absolute Gasteiger partial charge is 0.512 e.